The van der Waals surface area contributed by atoms with Crippen molar-refractivity contribution in [2.75, 3.05) is 19.7 Å². The molecule has 3 heterocycles. The summed E-state index contributed by atoms with van der Waals surface area (Å²) in [7, 11) is 0. The molecule has 2 fully saturated rings. The van der Waals surface area contributed by atoms with Crippen molar-refractivity contribution >= 4 is 0 Å². The molecule has 2 aliphatic rings. The van der Waals surface area contributed by atoms with Crippen LogP contribution < -0.4 is 5.32 Å². The minimum atomic E-state index is 0.294. The number of hydrogen-bond acceptors (Lipinski definition) is 5. The predicted molar refractivity (Wildman–Crippen MR) is 61.9 cm³/mol. The number of ether oxygens (including phenoxy) is 1. The van der Waals surface area contributed by atoms with Crippen molar-refractivity contribution in [3.05, 3.63) is 11.7 Å². The Morgan fingerprint density at radius 1 is 1.35 bits per heavy atom. The smallest absolute Gasteiger partial charge is 0.232 e. The molecule has 0 bridgehead atoms. The molecule has 0 spiro atoms. The van der Waals surface area contributed by atoms with Gasteiger partial charge < -0.3 is 14.6 Å². The van der Waals surface area contributed by atoms with E-state index in [-0.39, 0.29) is 0 Å². The normalized spacial score (nSPS) is 34.1. The van der Waals surface area contributed by atoms with Crippen molar-refractivity contribution in [3.8, 4) is 0 Å². The minimum absolute atomic E-state index is 0.294. The topological polar surface area (TPSA) is 60.2 Å². The van der Waals surface area contributed by atoms with Gasteiger partial charge in [-0.15, -0.1) is 0 Å². The van der Waals surface area contributed by atoms with E-state index in [0.717, 1.165) is 37.6 Å². The summed E-state index contributed by atoms with van der Waals surface area (Å²) in [5.41, 5.74) is 0. The van der Waals surface area contributed by atoms with Gasteiger partial charge in [0, 0.05) is 12.5 Å². The van der Waals surface area contributed by atoms with Gasteiger partial charge in [0.2, 0.25) is 5.89 Å². The van der Waals surface area contributed by atoms with Crippen LogP contribution in [0.3, 0.4) is 0 Å². The largest absolute Gasteiger partial charge is 0.378 e. The molecule has 3 rings (SSSR count). The van der Waals surface area contributed by atoms with Crippen LogP contribution in [-0.4, -0.2) is 35.9 Å². The van der Waals surface area contributed by atoms with E-state index in [1.165, 1.54) is 6.42 Å². The average Bonchev–Trinajstić information content (AvgIpc) is 2.98. The lowest BCUT2D eigenvalue weighted by Crippen LogP contribution is -2.28. The Kier molecular flexibility index (Phi) is 3.11. The highest BCUT2D eigenvalue weighted by atomic mass is 16.5. The summed E-state index contributed by atoms with van der Waals surface area (Å²) in [5, 5.41) is 7.50. The van der Waals surface area contributed by atoms with Crippen LogP contribution in [0.25, 0.3) is 0 Å². The molecular formula is C12H19N3O2. The Hall–Kier alpha value is -0.940. The van der Waals surface area contributed by atoms with E-state index in [9.17, 15) is 0 Å². The Morgan fingerprint density at radius 2 is 2.29 bits per heavy atom. The maximum Gasteiger partial charge on any atom is 0.232 e. The predicted octanol–water partition coefficient (Wildman–Crippen LogP) is 1.43. The highest BCUT2D eigenvalue weighted by Crippen LogP contribution is 2.29. The fourth-order valence-corrected chi connectivity index (χ4v) is 2.64. The zero-order chi connectivity index (χ0) is 11.7. The first-order valence-corrected chi connectivity index (χ1v) is 6.48. The van der Waals surface area contributed by atoms with Crippen LogP contribution in [0.2, 0.25) is 0 Å². The molecule has 2 aliphatic heterocycles. The first-order chi connectivity index (χ1) is 8.33. The SMILES string of the molecule is CC1CC(c2nc(C3CCCNC3)no2)CO1. The van der Waals surface area contributed by atoms with Crippen molar-refractivity contribution in [1.29, 1.82) is 0 Å². The number of rotatable bonds is 2. The van der Waals surface area contributed by atoms with Crippen LogP contribution in [0.5, 0.6) is 0 Å². The van der Waals surface area contributed by atoms with E-state index in [4.69, 9.17) is 9.26 Å². The second-order valence-corrected chi connectivity index (χ2v) is 5.11. The summed E-state index contributed by atoms with van der Waals surface area (Å²) >= 11 is 0. The van der Waals surface area contributed by atoms with Gasteiger partial charge in [-0.05, 0) is 32.7 Å². The summed E-state index contributed by atoms with van der Waals surface area (Å²) in [6.45, 7) is 4.87. The fourth-order valence-electron chi connectivity index (χ4n) is 2.64. The molecule has 0 amide bonds. The Bertz CT molecular complexity index is 354. The summed E-state index contributed by atoms with van der Waals surface area (Å²) in [6.07, 6.45) is 3.65. The molecule has 3 unspecified atom stereocenters. The second-order valence-electron chi connectivity index (χ2n) is 5.11. The number of aromatic nitrogens is 2. The van der Waals surface area contributed by atoms with Crippen LogP contribution in [0.1, 0.15) is 49.7 Å². The Morgan fingerprint density at radius 3 is 3.00 bits per heavy atom. The summed E-state index contributed by atoms with van der Waals surface area (Å²) in [4.78, 5) is 4.55. The van der Waals surface area contributed by atoms with Crippen LogP contribution >= 0.6 is 0 Å². The van der Waals surface area contributed by atoms with Crippen LogP contribution in [0.15, 0.2) is 4.52 Å². The minimum Gasteiger partial charge on any atom is -0.378 e. The van der Waals surface area contributed by atoms with Crippen molar-refractivity contribution in [2.45, 2.75) is 44.1 Å². The van der Waals surface area contributed by atoms with Gasteiger partial charge in [-0.2, -0.15) is 4.98 Å². The maximum absolute atomic E-state index is 5.53. The maximum atomic E-state index is 5.53. The van der Waals surface area contributed by atoms with Gasteiger partial charge in [-0.3, -0.25) is 0 Å². The van der Waals surface area contributed by atoms with E-state index in [1.54, 1.807) is 0 Å². The van der Waals surface area contributed by atoms with Gasteiger partial charge >= 0.3 is 0 Å². The molecule has 94 valence electrons. The summed E-state index contributed by atoms with van der Waals surface area (Å²) in [5.74, 6) is 2.34. The van der Waals surface area contributed by atoms with E-state index < -0.39 is 0 Å². The third kappa shape index (κ3) is 2.35. The fraction of sp³-hybridized carbons (Fsp3) is 0.833. The Balaban J connectivity index is 1.69. The summed E-state index contributed by atoms with van der Waals surface area (Å²) < 4.78 is 10.9. The molecule has 0 aromatic carbocycles. The molecule has 2 saturated heterocycles. The second kappa shape index (κ2) is 4.74. The number of nitrogens with one attached hydrogen (secondary N) is 1. The number of piperidine rings is 1. The molecule has 0 radical (unpaired) electrons. The molecule has 3 atom stereocenters. The summed E-state index contributed by atoms with van der Waals surface area (Å²) in [6, 6.07) is 0. The van der Waals surface area contributed by atoms with Crippen LogP contribution in [0.4, 0.5) is 0 Å². The molecule has 0 saturated carbocycles. The van der Waals surface area contributed by atoms with Gasteiger partial charge in [0.15, 0.2) is 5.82 Å². The van der Waals surface area contributed by atoms with Crippen molar-refractivity contribution in [1.82, 2.24) is 15.5 Å². The lowest BCUT2D eigenvalue weighted by molar-refractivity contribution is 0.122. The lowest BCUT2D eigenvalue weighted by Gasteiger charge is -2.19. The third-order valence-corrected chi connectivity index (χ3v) is 3.67. The first kappa shape index (κ1) is 11.2. The van der Waals surface area contributed by atoms with Gasteiger partial charge in [0.1, 0.15) is 0 Å². The first-order valence-electron chi connectivity index (χ1n) is 6.48. The molecule has 17 heavy (non-hydrogen) atoms. The van der Waals surface area contributed by atoms with Crippen molar-refractivity contribution < 1.29 is 9.26 Å². The van der Waals surface area contributed by atoms with Gasteiger partial charge in [0.25, 0.3) is 0 Å². The molecular weight excluding hydrogens is 218 g/mol. The molecule has 0 aliphatic carbocycles. The quantitative estimate of drug-likeness (QED) is 0.843. The Labute approximate surface area is 101 Å². The van der Waals surface area contributed by atoms with E-state index in [2.05, 4.69) is 22.4 Å². The van der Waals surface area contributed by atoms with Crippen LogP contribution in [-0.2, 0) is 4.74 Å². The highest BCUT2D eigenvalue weighted by Gasteiger charge is 2.29. The van der Waals surface area contributed by atoms with Gasteiger partial charge in [-0.25, -0.2) is 0 Å². The monoisotopic (exact) mass is 237 g/mol. The highest BCUT2D eigenvalue weighted by molar-refractivity contribution is 5.02. The van der Waals surface area contributed by atoms with E-state index in [1.807, 2.05) is 0 Å². The molecule has 1 N–H and O–H groups in total. The molecule has 1 aromatic rings. The van der Waals surface area contributed by atoms with Crippen LogP contribution in [0, 0.1) is 0 Å². The molecule has 5 nitrogen and oxygen atoms in total. The van der Waals surface area contributed by atoms with Crippen molar-refractivity contribution in [2.24, 2.45) is 0 Å². The van der Waals surface area contributed by atoms with Gasteiger partial charge in [-0.1, -0.05) is 5.16 Å². The van der Waals surface area contributed by atoms with Crippen molar-refractivity contribution in [3.63, 3.8) is 0 Å². The molecule has 1 aromatic heterocycles. The lowest BCUT2D eigenvalue weighted by atomic mass is 9.99. The number of hydrogen-bond donors (Lipinski definition) is 1. The third-order valence-electron chi connectivity index (χ3n) is 3.67. The van der Waals surface area contributed by atoms with E-state index >= 15 is 0 Å². The zero-order valence-electron chi connectivity index (χ0n) is 10.2. The van der Waals surface area contributed by atoms with Gasteiger partial charge in [0.05, 0.1) is 18.6 Å². The number of nitrogens with zero attached hydrogens (tertiary/aromatic N) is 2. The zero-order valence-corrected chi connectivity index (χ0v) is 10.2. The van der Waals surface area contributed by atoms with E-state index in [0.29, 0.717) is 24.5 Å². The molecule has 5 heteroatoms. The standard InChI is InChI=1S/C12H19N3O2/c1-8-5-10(7-16-8)12-14-11(15-17-12)9-3-2-4-13-6-9/h8-10,13H,2-7H2,1H3. The average molecular weight is 237 g/mol.